The molecule has 0 aliphatic carbocycles. The number of hydrogen-bond acceptors (Lipinski definition) is 8. The highest BCUT2D eigenvalue weighted by molar-refractivity contribution is 7.89. The maximum absolute atomic E-state index is 13.4. The fraction of sp³-hybridized carbons (Fsp3) is 0.524. The lowest BCUT2D eigenvalue weighted by atomic mass is 10.3. The van der Waals surface area contributed by atoms with E-state index in [2.05, 4.69) is 20.2 Å². The molecule has 0 atom stereocenters. The Labute approximate surface area is 184 Å². The molecule has 2 heterocycles. The molecule has 9 nitrogen and oxygen atoms in total. The van der Waals surface area contributed by atoms with Crippen LogP contribution in [0.5, 0.6) is 11.5 Å². The van der Waals surface area contributed by atoms with E-state index < -0.39 is 10.0 Å². The lowest BCUT2D eigenvalue weighted by molar-refractivity contribution is 0.319. The van der Waals surface area contributed by atoms with Crippen molar-refractivity contribution < 1.29 is 17.9 Å². The Balaban J connectivity index is 1.79. The number of ether oxygens (including phenoxy) is 2. The van der Waals surface area contributed by atoms with Gasteiger partial charge in [0.2, 0.25) is 10.0 Å². The molecule has 1 saturated heterocycles. The summed E-state index contributed by atoms with van der Waals surface area (Å²) in [4.78, 5) is 11.1. The average Bonchev–Trinajstić information content (AvgIpc) is 2.75. The smallest absolute Gasteiger partial charge is 0.247 e. The van der Waals surface area contributed by atoms with Gasteiger partial charge >= 0.3 is 0 Å². The summed E-state index contributed by atoms with van der Waals surface area (Å²) < 4.78 is 39.4. The van der Waals surface area contributed by atoms with Crippen LogP contribution in [-0.4, -0.2) is 68.6 Å². The van der Waals surface area contributed by atoms with E-state index >= 15 is 0 Å². The zero-order chi connectivity index (χ0) is 22.4. The molecule has 0 bridgehead atoms. The average molecular weight is 450 g/mol. The fourth-order valence-electron chi connectivity index (χ4n) is 3.50. The first-order valence-electron chi connectivity index (χ1n) is 10.6. The highest BCUT2D eigenvalue weighted by atomic mass is 32.2. The number of anilines is 2. The van der Waals surface area contributed by atoms with Crippen molar-refractivity contribution in [1.82, 2.24) is 14.3 Å². The number of piperazine rings is 1. The maximum Gasteiger partial charge on any atom is 0.247 e. The first-order valence-corrected chi connectivity index (χ1v) is 12.1. The zero-order valence-corrected chi connectivity index (χ0v) is 19.4. The first kappa shape index (κ1) is 23.1. The monoisotopic (exact) mass is 449 g/mol. The molecule has 31 heavy (non-hydrogen) atoms. The minimum absolute atomic E-state index is 0.140. The number of sulfonamides is 1. The lowest BCUT2D eigenvalue weighted by Crippen LogP contribution is -2.49. The molecule has 0 saturated carbocycles. The molecule has 1 N–H and O–H groups in total. The van der Waals surface area contributed by atoms with Gasteiger partial charge in [-0.2, -0.15) is 4.31 Å². The number of aryl methyl sites for hydroxylation is 1. The minimum Gasteiger partial charge on any atom is -0.494 e. The van der Waals surface area contributed by atoms with Gasteiger partial charge in [0, 0.05) is 44.9 Å². The standard InChI is InChI=1S/C21H31N5O4S/c1-5-22-20-15-21(24-16(4)23-20)25-10-12-26(13-11-25)31(27,28)19-14-17(29-6-2)8-9-18(19)30-7-3/h8-9,14-15H,5-7,10-13H2,1-4H3,(H,22,23,24). The summed E-state index contributed by atoms with van der Waals surface area (Å²) in [6, 6.07) is 6.83. The van der Waals surface area contributed by atoms with E-state index in [4.69, 9.17) is 9.47 Å². The summed E-state index contributed by atoms with van der Waals surface area (Å²) in [6.45, 7) is 10.9. The van der Waals surface area contributed by atoms with Gasteiger partial charge in [-0.05, 0) is 39.8 Å². The summed E-state index contributed by atoms with van der Waals surface area (Å²) in [5.74, 6) is 3.10. The molecule has 2 aromatic rings. The summed E-state index contributed by atoms with van der Waals surface area (Å²) in [5.41, 5.74) is 0. The van der Waals surface area contributed by atoms with E-state index in [0.29, 0.717) is 56.7 Å². The van der Waals surface area contributed by atoms with Crippen molar-refractivity contribution in [1.29, 1.82) is 0 Å². The molecule has 170 valence electrons. The van der Waals surface area contributed by atoms with E-state index in [1.54, 1.807) is 18.2 Å². The molecule has 1 aliphatic rings. The third-order valence-electron chi connectivity index (χ3n) is 4.89. The van der Waals surface area contributed by atoms with E-state index in [9.17, 15) is 8.42 Å². The van der Waals surface area contributed by atoms with Gasteiger partial charge in [0.1, 0.15) is 33.9 Å². The third-order valence-corrected chi connectivity index (χ3v) is 6.81. The van der Waals surface area contributed by atoms with E-state index in [1.165, 1.54) is 4.31 Å². The van der Waals surface area contributed by atoms with Crippen LogP contribution in [0.1, 0.15) is 26.6 Å². The van der Waals surface area contributed by atoms with Crippen molar-refractivity contribution in [3.63, 3.8) is 0 Å². The van der Waals surface area contributed by atoms with Gasteiger partial charge < -0.3 is 19.7 Å². The zero-order valence-electron chi connectivity index (χ0n) is 18.6. The Hall–Kier alpha value is -2.59. The molecule has 0 spiro atoms. The van der Waals surface area contributed by atoms with Gasteiger partial charge in [0.25, 0.3) is 0 Å². The van der Waals surface area contributed by atoms with Crippen LogP contribution in [0.25, 0.3) is 0 Å². The first-order chi connectivity index (χ1) is 14.9. The molecule has 3 rings (SSSR count). The SMILES string of the molecule is CCNc1cc(N2CCN(S(=O)(=O)c3cc(OCC)ccc3OCC)CC2)nc(C)n1. The Morgan fingerprint density at radius 2 is 1.71 bits per heavy atom. The maximum atomic E-state index is 13.4. The molecule has 1 fully saturated rings. The van der Waals surface area contributed by atoms with Crippen molar-refractivity contribution in [2.24, 2.45) is 0 Å². The Kier molecular flexibility index (Phi) is 7.55. The quantitative estimate of drug-likeness (QED) is 0.624. The Morgan fingerprint density at radius 1 is 1.00 bits per heavy atom. The highest BCUT2D eigenvalue weighted by Crippen LogP contribution is 2.32. The van der Waals surface area contributed by atoms with Gasteiger partial charge in [0.15, 0.2) is 0 Å². The molecule has 0 radical (unpaired) electrons. The van der Waals surface area contributed by atoms with E-state index in [-0.39, 0.29) is 4.90 Å². The van der Waals surface area contributed by atoms with Crippen LogP contribution < -0.4 is 19.7 Å². The van der Waals surface area contributed by atoms with Crippen LogP contribution in [0.15, 0.2) is 29.2 Å². The molecule has 0 amide bonds. The van der Waals surface area contributed by atoms with Crippen LogP contribution in [0.4, 0.5) is 11.6 Å². The molecular formula is C21H31N5O4S. The number of aromatic nitrogens is 2. The summed E-state index contributed by atoms with van der Waals surface area (Å²) >= 11 is 0. The van der Waals surface area contributed by atoms with Crippen molar-refractivity contribution in [3.8, 4) is 11.5 Å². The Morgan fingerprint density at radius 3 is 2.35 bits per heavy atom. The Bertz CT molecular complexity index is 991. The summed E-state index contributed by atoms with van der Waals surface area (Å²) in [7, 11) is -3.73. The second kappa shape index (κ2) is 10.1. The van der Waals surface area contributed by atoms with Crippen molar-refractivity contribution in [2.45, 2.75) is 32.6 Å². The number of nitrogens with zero attached hydrogens (tertiary/aromatic N) is 4. The third kappa shape index (κ3) is 5.37. The molecular weight excluding hydrogens is 418 g/mol. The van der Waals surface area contributed by atoms with Crippen LogP contribution in [0, 0.1) is 6.92 Å². The lowest BCUT2D eigenvalue weighted by Gasteiger charge is -2.35. The van der Waals surface area contributed by atoms with Crippen LogP contribution in [-0.2, 0) is 10.0 Å². The molecule has 1 aromatic heterocycles. The largest absolute Gasteiger partial charge is 0.494 e. The van der Waals surface area contributed by atoms with Crippen molar-refractivity contribution in [2.75, 3.05) is 56.2 Å². The number of benzene rings is 1. The van der Waals surface area contributed by atoms with E-state index in [1.807, 2.05) is 33.8 Å². The van der Waals surface area contributed by atoms with Gasteiger partial charge in [-0.15, -0.1) is 0 Å². The number of rotatable bonds is 9. The second-order valence-electron chi connectivity index (χ2n) is 7.05. The molecule has 1 aliphatic heterocycles. The topological polar surface area (TPSA) is 96.9 Å². The highest BCUT2D eigenvalue weighted by Gasteiger charge is 2.32. The summed E-state index contributed by atoms with van der Waals surface area (Å²) in [6.07, 6.45) is 0. The fourth-order valence-corrected chi connectivity index (χ4v) is 5.07. The van der Waals surface area contributed by atoms with Crippen LogP contribution in [0.2, 0.25) is 0 Å². The van der Waals surface area contributed by atoms with E-state index in [0.717, 1.165) is 18.2 Å². The van der Waals surface area contributed by atoms with Crippen LogP contribution >= 0.6 is 0 Å². The predicted octanol–water partition coefficient (Wildman–Crippen LogP) is 2.53. The van der Waals surface area contributed by atoms with Crippen molar-refractivity contribution in [3.05, 3.63) is 30.1 Å². The van der Waals surface area contributed by atoms with Gasteiger partial charge in [-0.25, -0.2) is 18.4 Å². The van der Waals surface area contributed by atoms with Crippen molar-refractivity contribution >= 4 is 21.7 Å². The predicted molar refractivity (Wildman–Crippen MR) is 121 cm³/mol. The molecule has 1 aromatic carbocycles. The molecule has 0 unspecified atom stereocenters. The summed E-state index contributed by atoms with van der Waals surface area (Å²) in [5, 5.41) is 3.21. The number of hydrogen-bond donors (Lipinski definition) is 1. The second-order valence-corrected chi connectivity index (χ2v) is 8.96. The van der Waals surface area contributed by atoms with Gasteiger partial charge in [-0.1, -0.05) is 0 Å². The molecule has 10 heteroatoms. The van der Waals surface area contributed by atoms with Gasteiger partial charge in [-0.3, -0.25) is 0 Å². The minimum atomic E-state index is -3.73. The number of nitrogens with one attached hydrogen (secondary N) is 1. The van der Waals surface area contributed by atoms with Gasteiger partial charge in [0.05, 0.1) is 13.2 Å². The normalized spacial score (nSPS) is 15.0. The van der Waals surface area contributed by atoms with Crippen LogP contribution in [0.3, 0.4) is 0 Å².